The van der Waals surface area contributed by atoms with Crippen molar-refractivity contribution in [2.75, 3.05) is 0 Å². The molecule has 2 aromatic rings. The molecule has 1 heterocycles. The summed E-state index contributed by atoms with van der Waals surface area (Å²) in [6.45, 7) is 6.25. The average molecular weight is 214 g/mol. The number of rotatable bonds is 0. The van der Waals surface area contributed by atoms with Crippen LogP contribution in [-0.4, -0.2) is 0 Å². The lowest BCUT2D eigenvalue weighted by Crippen LogP contribution is -1.96. The maximum Gasteiger partial charge on any atom is 0.135 e. The Kier molecular flexibility index (Phi) is 3.14. The Morgan fingerprint density at radius 2 is 1.94 bits per heavy atom. The summed E-state index contributed by atoms with van der Waals surface area (Å²) in [5, 5.41) is 1.28. The Balaban J connectivity index is 0.000000457. The van der Waals surface area contributed by atoms with Crippen LogP contribution in [0.5, 0.6) is 0 Å². The van der Waals surface area contributed by atoms with E-state index in [1.165, 1.54) is 10.9 Å². The Morgan fingerprint density at radius 1 is 1.19 bits per heavy atom. The average Bonchev–Trinajstić information content (AvgIpc) is 2.71. The van der Waals surface area contributed by atoms with Crippen LogP contribution in [0.2, 0.25) is 0 Å². The molecule has 16 heavy (non-hydrogen) atoms. The maximum absolute atomic E-state index is 5.77. The minimum atomic E-state index is 0.582. The van der Waals surface area contributed by atoms with Gasteiger partial charge in [0.2, 0.25) is 0 Å². The summed E-state index contributed by atoms with van der Waals surface area (Å²) in [7, 11) is 0. The largest absolute Gasteiger partial charge is 0.456 e. The minimum absolute atomic E-state index is 0.582. The molecule has 1 unspecified atom stereocenters. The van der Waals surface area contributed by atoms with E-state index < -0.39 is 0 Å². The first kappa shape index (κ1) is 11.0. The third-order valence-corrected chi connectivity index (χ3v) is 2.91. The molecular weight excluding hydrogens is 196 g/mol. The van der Waals surface area contributed by atoms with Gasteiger partial charge in [-0.2, -0.15) is 0 Å². The summed E-state index contributed by atoms with van der Waals surface area (Å²) >= 11 is 0. The monoisotopic (exact) mass is 214 g/mol. The summed E-state index contributed by atoms with van der Waals surface area (Å²) in [5.74, 6) is 1.63. The first-order chi connectivity index (χ1) is 7.86. The van der Waals surface area contributed by atoms with Crippen LogP contribution in [0, 0.1) is 0 Å². The van der Waals surface area contributed by atoms with Crippen LogP contribution in [0.4, 0.5) is 0 Å². The Hall–Kier alpha value is -1.50. The highest BCUT2D eigenvalue weighted by atomic mass is 16.3. The van der Waals surface area contributed by atoms with E-state index in [1.54, 1.807) is 0 Å². The summed E-state index contributed by atoms with van der Waals surface area (Å²) < 4.78 is 5.77. The van der Waals surface area contributed by atoms with E-state index in [0.717, 1.165) is 17.8 Å². The van der Waals surface area contributed by atoms with Gasteiger partial charge in [-0.1, -0.05) is 45.0 Å². The Morgan fingerprint density at radius 3 is 2.75 bits per heavy atom. The van der Waals surface area contributed by atoms with Crippen LogP contribution in [0.3, 0.4) is 0 Å². The molecule has 0 amide bonds. The molecule has 1 atom stereocenters. The molecule has 1 heteroatoms. The van der Waals surface area contributed by atoms with E-state index >= 15 is 0 Å². The lowest BCUT2D eigenvalue weighted by Gasteiger charge is -2.12. The van der Waals surface area contributed by atoms with Gasteiger partial charge >= 0.3 is 0 Å². The second-order valence-corrected chi connectivity index (χ2v) is 3.92. The zero-order valence-electron chi connectivity index (χ0n) is 10.2. The standard InChI is InChI=1S/C13H12O.C2H6/c1-9-5-4-8-12-13(9)10-6-2-3-7-11(10)14-12;1-2/h2-4,6-9H,5H2,1H3;1-2H3. The number of hydrogen-bond donors (Lipinski definition) is 0. The molecule has 0 saturated heterocycles. The highest BCUT2D eigenvalue weighted by Crippen LogP contribution is 2.37. The summed E-state index contributed by atoms with van der Waals surface area (Å²) in [6.07, 6.45) is 5.40. The van der Waals surface area contributed by atoms with E-state index in [4.69, 9.17) is 4.42 Å². The number of benzene rings is 1. The number of fused-ring (bicyclic) bond motifs is 3. The molecule has 84 valence electrons. The van der Waals surface area contributed by atoms with Crippen molar-refractivity contribution in [3.8, 4) is 0 Å². The van der Waals surface area contributed by atoms with Gasteiger partial charge in [-0.25, -0.2) is 0 Å². The number of furan rings is 1. The number of allylic oxidation sites excluding steroid dienone is 1. The zero-order chi connectivity index (χ0) is 11.5. The zero-order valence-corrected chi connectivity index (χ0v) is 10.2. The molecular formula is C15H18O. The normalized spacial score (nSPS) is 17.8. The summed E-state index contributed by atoms with van der Waals surface area (Å²) in [4.78, 5) is 0. The number of para-hydroxylation sites is 1. The van der Waals surface area contributed by atoms with Gasteiger partial charge in [-0.3, -0.25) is 0 Å². The molecule has 0 N–H and O–H groups in total. The van der Waals surface area contributed by atoms with Gasteiger partial charge in [0.25, 0.3) is 0 Å². The summed E-state index contributed by atoms with van der Waals surface area (Å²) in [5.41, 5.74) is 2.39. The Bertz CT molecular complexity index is 505. The fourth-order valence-electron chi connectivity index (χ4n) is 2.21. The van der Waals surface area contributed by atoms with Crippen molar-refractivity contribution >= 4 is 17.0 Å². The maximum atomic E-state index is 5.77. The molecule has 0 aliphatic heterocycles. The smallest absolute Gasteiger partial charge is 0.135 e. The highest BCUT2D eigenvalue weighted by Gasteiger charge is 2.19. The van der Waals surface area contributed by atoms with Gasteiger partial charge in [0.15, 0.2) is 0 Å². The van der Waals surface area contributed by atoms with Crippen molar-refractivity contribution in [3.63, 3.8) is 0 Å². The molecule has 1 aromatic carbocycles. The van der Waals surface area contributed by atoms with E-state index in [9.17, 15) is 0 Å². The number of hydrogen-bond acceptors (Lipinski definition) is 1. The molecule has 1 aliphatic rings. The predicted molar refractivity (Wildman–Crippen MR) is 69.6 cm³/mol. The molecule has 1 nitrogen and oxygen atoms in total. The second kappa shape index (κ2) is 4.56. The lowest BCUT2D eigenvalue weighted by molar-refractivity contribution is 0.586. The van der Waals surface area contributed by atoms with Crippen LogP contribution < -0.4 is 0 Å². The molecule has 0 radical (unpaired) electrons. The van der Waals surface area contributed by atoms with Crippen LogP contribution in [0.1, 0.15) is 44.4 Å². The highest BCUT2D eigenvalue weighted by molar-refractivity contribution is 5.85. The third kappa shape index (κ3) is 1.67. The van der Waals surface area contributed by atoms with Gasteiger partial charge in [0.1, 0.15) is 11.3 Å². The van der Waals surface area contributed by atoms with Crippen LogP contribution in [0.25, 0.3) is 17.0 Å². The minimum Gasteiger partial charge on any atom is -0.456 e. The van der Waals surface area contributed by atoms with E-state index in [2.05, 4.69) is 31.2 Å². The van der Waals surface area contributed by atoms with Crippen LogP contribution in [-0.2, 0) is 0 Å². The quantitative estimate of drug-likeness (QED) is 0.602. The van der Waals surface area contributed by atoms with Crippen molar-refractivity contribution in [2.45, 2.75) is 33.1 Å². The summed E-state index contributed by atoms with van der Waals surface area (Å²) in [6, 6.07) is 8.27. The van der Waals surface area contributed by atoms with Crippen LogP contribution >= 0.6 is 0 Å². The van der Waals surface area contributed by atoms with Gasteiger partial charge in [0, 0.05) is 10.9 Å². The van der Waals surface area contributed by atoms with E-state index in [-0.39, 0.29) is 0 Å². The molecule has 0 bridgehead atoms. The van der Waals surface area contributed by atoms with Crippen molar-refractivity contribution in [3.05, 3.63) is 41.7 Å². The van der Waals surface area contributed by atoms with E-state index in [1.807, 2.05) is 26.0 Å². The second-order valence-electron chi connectivity index (χ2n) is 3.92. The van der Waals surface area contributed by atoms with Crippen molar-refractivity contribution < 1.29 is 4.42 Å². The molecule has 0 saturated carbocycles. The van der Waals surface area contributed by atoms with Gasteiger partial charge in [0.05, 0.1) is 0 Å². The van der Waals surface area contributed by atoms with Gasteiger partial charge in [-0.15, -0.1) is 0 Å². The van der Waals surface area contributed by atoms with E-state index in [0.29, 0.717) is 5.92 Å². The Labute approximate surface area is 96.8 Å². The SMILES string of the molecule is CC.CC1CC=Cc2oc3ccccc3c21. The molecule has 0 spiro atoms. The van der Waals surface area contributed by atoms with Crippen molar-refractivity contribution in [1.29, 1.82) is 0 Å². The fourth-order valence-corrected chi connectivity index (χ4v) is 2.21. The molecule has 3 rings (SSSR count). The third-order valence-electron chi connectivity index (χ3n) is 2.91. The first-order valence-corrected chi connectivity index (χ1v) is 6.04. The predicted octanol–water partition coefficient (Wildman–Crippen LogP) is 4.98. The van der Waals surface area contributed by atoms with Crippen molar-refractivity contribution in [1.82, 2.24) is 0 Å². The molecule has 1 aromatic heterocycles. The topological polar surface area (TPSA) is 13.1 Å². The molecule has 1 aliphatic carbocycles. The van der Waals surface area contributed by atoms with Gasteiger partial charge < -0.3 is 4.42 Å². The molecule has 0 fully saturated rings. The van der Waals surface area contributed by atoms with Crippen LogP contribution in [0.15, 0.2) is 34.8 Å². The lowest BCUT2D eigenvalue weighted by atomic mass is 9.91. The fraction of sp³-hybridized carbons (Fsp3) is 0.333. The van der Waals surface area contributed by atoms with Gasteiger partial charge in [-0.05, 0) is 24.5 Å². The first-order valence-electron chi connectivity index (χ1n) is 6.04. The van der Waals surface area contributed by atoms with Crippen molar-refractivity contribution in [2.24, 2.45) is 0 Å².